The summed E-state index contributed by atoms with van der Waals surface area (Å²) in [5.74, 6) is 0.480. The van der Waals surface area contributed by atoms with Crippen molar-refractivity contribution in [2.24, 2.45) is 0 Å². The van der Waals surface area contributed by atoms with E-state index < -0.39 is 6.10 Å². The number of hydrogen-bond acceptors (Lipinski definition) is 4. The zero-order valence-electron chi connectivity index (χ0n) is 18.0. The molecule has 2 N–H and O–H groups in total. The van der Waals surface area contributed by atoms with E-state index in [1.165, 1.54) is 16.5 Å². The van der Waals surface area contributed by atoms with Gasteiger partial charge in [0.25, 0.3) is 5.91 Å². The summed E-state index contributed by atoms with van der Waals surface area (Å²) in [4.78, 5) is 32.5. The number of aromatic nitrogens is 1. The van der Waals surface area contributed by atoms with E-state index in [9.17, 15) is 9.59 Å². The van der Waals surface area contributed by atoms with Crippen LogP contribution in [0.1, 0.15) is 12.0 Å². The number of ether oxygens (including phenoxy) is 1. The van der Waals surface area contributed by atoms with Crippen LogP contribution < -0.4 is 15.0 Å². The summed E-state index contributed by atoms with van der Waals surface area (Å²) in [7, 11) is 1.59. The molecule has 0 saturated carbocycles. The third-order valence-electron chi connectivity index (χ3n) is 6.22. The van der Waals surface area contributed by atoms with Crippen molar-refractivity contribution in [3.05, 3.63) is 66.4 Å². The minimum absolute atomic E-state index is 0.0478. The minimum Gasteiger partial charge on any atom is -0.477 e. The fourth-order valence-corrected chi connectivity index (χ4v) is 4.50. The van der Waals surface area contributed by atoms with E-state index in [-0.39, 0.29) is 18.4 Å². The number of anilines is 1. The molecule has 1 unspecified atom stereocenters. The van der Waals surface area contributed by atoms with Crippen molar-refractivity contribution in [3.8, 4) is 5.75 Å². The number of carbonyl (C=O) groups is 2. The second-order valence-corrected chi connectivity index (χ2v) is 8.14. The van der Waals surface area contributed by atoms with Crippen LogP contribution in [0.2, 0.25) is 0 Å². The van der Waals surface area contributed by atoms with Crippen LogP contribution in [-0.4, -0.2) is 61.0 Å². The number of fused-ring (bicyclic) bond motifs is 2. The van der Waals surface area contributed by atoms with Gasteiger partial charge in [-0.05, 0) is 30.2 Å². The first-order valence-electron chi connectivity index (χ1n) is 10.9. The summed E-state index contributed by atoms with van der Waals surface area (Å²) in [6.45, 7) is 1.81. The van der Waals surface area contributed by atoms with Crippen LogP contribution in [0.25, 0.3) is 16.5 Å². The molecule has 5 rings (SSSR count). The number of benzene rings is 2. The number of nitrogens with one attached hydrogen (secondary N) is 2. The number of hydrogen-bond donors (Lipinski definition) is 2. The second kappa shape index (κ2) is 8.42. The number of carbonyl (C=O) groups excluding carboxylic acids is 2. The van der Waals surface area contributed by atoms with Crippen LogP contribution >= 0.6 is 0 Å². The third kappa shape index (κ3) is 3.70. The lowest BCUT2D eigenvalue weighted by atomic mass is 9.99. The van der Waals surface area contributed by atoms with E-state index in [1.54, 1.807) is 7.05 Å². The Morgan fingerprint density at radius 1 is 1.16 bits per heavy atom. The smallest absolute Gasteiger partial charge is 0.262 e. The van der Waals surface area contributed by atoms with Crippen LogP contribution in [-0.2, 0) is 9.59 Å². The topological polar surface area (TPSA) is 77.7 Å². The number of rotatable bonds is 4. The van der Waals surface area contributed by atoms with Crippen LogP contribution in [0, 0.1) is 0 Å². The first-order chi connectivity index (χ1) is 15.6. The predicted molar refractivity (Wildman–Crippen MR) is 125 cm³/mol. The molecule has 2 aliphatic heterocycles. The molecule has 2 aromatic carbocycles. The van der Waals surface area contributed by atoms with Crippen molar-refractivity contribution in [2.75, 3.05) is 38.1 Å². The Morgan fingerprint density at radius 3 is 2.78 bits per heavy atom. The van der Waals surface area contributed by atoms with Gasteiger partial charge in [-0.1, -0.05) is 36.4 Å². The lowest BCUT2D eigenvalue weighted by Gasteiger charge is -2.36. The maximum absolute atomic E-state index is 13.1. The lowest BCUT2D eigenvalue weighted by Crippen LogP contribution is -2.51. The summed E-state index contributed by atoms with van der Waals surface area (Å²) in [5.41, 5.74) is 4.44. The first-order valence-corrected chi connectivity index (χ1v) is 10.9. The molecule has 3 aromatic rings. The molecule has 1 aromatic heterocycles. The average molecular weight is 431 g/mol. The molecule has 1 atom stereocenters. The Hall–Kier alpha value is -3.74. The van der Waals surface area contributed by atoms with E-state index in [1.807, 2.05) is 46.2 Å². The first kappa shape index (κ1) is 20.2. The fraction of sp³-hybridized carbons (Fsp3) is 0.280. The standard InChI is InChI=1S/C25H26N4O3/c1-26-25(31)23-15-29(21-8-4-5-9-22(21)32-23)16-24(30)28-12-10-17(11-13-28)19-14-27-20-7-3-2-6-18(19)20/h2-10,14,23,27H,11-13,15-16H2,1H3,(H,26,31). The number of para-hydroxylation sites is 3. The fourth-order valence-electron chi connectivity index (χ4n) is 4.50. The highest BCUT2D eigenvalue weighted by Crippen LogP contribution is 2.33. The van der Waals surface area contributed by atoms with Gasteiger partial charge in [-0.15, -0.1) is 0 Å². The lowest BCUT2D eigenvalue weighted by molar-refractivity contribution is -0.130. The highest BCUT2D eigenvalue weighted by atomic mass is 16.5. The summed E-state index contributed by atoms with van der Waals surface area (Å²) in [6, 6.07) is 15.8. The molecular formula is C25H26N4O3. The molecule has 7 nitrogen and oxygen atoms in total. The van der Waals surface area contributed by atoms with Gasteiger partial charge in [-0.25, -0.2) is 0 Å². The number of aromatic amines is 1. The van der Waals surface area contributed by atoms with Crippen LogP contribution in [0.5, 0.6) is 5.75 Å². The zero-order valence-corrected chi connectivity index (χ0v) is 18.0. The molecule has 0 aliphatic carbocycles. The third-order valence-corrected chi connectivity index (χ3v) is 6.22. The number of likely N-dealkylation sites (N-methyl/N-ethyl adjacent to an activating group) is 1. The number of amides is 2. The van der Waals surface area contributed by atoms with E-state index >= 15 is 0 Å². The van der Waals surface area contributed by atoms with Crippen LogP contribution in [0.4, 0.5) is 5.69 Å². The maximum atomic E-state index is 13.1. The Labute approximate surface area is 186 Å². The summed E-state index contributed by atoms with van der Waals surface area (Å²) in [5, 5.41) is 3.85. The van der Waals surface area contributed by atoms with Gasteiger partial charge in [-0.3, -0.25) is 9.59 Å². The van der Waals surface area contributed by atoms with Crippen molar-refractivity contribution in [3.63, 3.8) is 0 Å². The molecular weight excluding hydrogens is 404 g/mol. The SMILES string of the molecule is CNC(=O)C1CN(CC(=O)N2CC=C(c3c[nH]c4ccccc34)CC2)c2ccccc2O1. The average Bonchev–Trinajstić information content (AvgIpc) is 3.27. The van der Waals surface area contributed by atoms with Crippen LogP contribution in [0.3, 0.4) is 0 Å². The van der Waals surface area contributed by atoms with E-state index in [0.717, 1.165) is 17.6 Å². The van der Waals surface area contributed by atoms with E-state index in [0.29, 0.717) is 25.4 Å². The van der Waals surface area contributed by atoms with Gasteiger partial charge in [0.05, 0.1) is 18.8 Å². The van der Waals surface area contributed by atoms with E-state index in [2.05, 4.69) is 34.7 Å². The molecule has 0 radical (unpaired) electrons. The highest BCUT2D eigenvalue weighted by molar-refractivity contribution is 5.93. The normalized spacial score (nSPS) is 18.0. The van der Waals surface area contributed by atoms with Crippen molar-refractivity contribution >= 4 is 34.0 Å². The Kier molecular flexibility index (Phi) is 5.31. The van der Waals surface area contributed by atoms with Crippen molar-refractivity contribution in [1.29, 1.82) is 0 Å². The second-order valence-electron chi connectivity index (χ2n) is 8.14. The molecule has 7 heteroatoms. The highest BCUT2D eigenvalue weighted by Gasteiger charge is 2.32. The molecule has 2 aliphatic rings. The Bertz CT molecular complexity index is 1200. The Balaban J connectivity index is 1.30. The molecule has 0 saturated heterocycles. The summed E-state index contributed by atoms with van der Waals surface area (Å²) >= 11 is 0. The van der Waals surface area contributed by atoms with Gasteiger partial charge in [-0.2, -0.15) is 0 Å². The predicted octanol–water partition coefficient (Wildman–Crippen LogP) is 2.80. The van der Waals surface area contributed by atoms with Gasteiger partial charge >= 0.3 is 0 Å². The molecule has 164 valence electrons. The molecule has 0 spiro atoms. The van der Waals surface area contributed by atoms with Crippen molar-refractivity contribution < 1.29 is 14.3 Å². The molecule has 0 fully saturated rings. The monoisotopic (exact) mass is 430 g/mol. The van der Waals surface area contributed by atoms with Gasteiger partial charge in [0.15, 0.2) is 6.10 Å². The molecule has 3 heterocycles. The Morgan fingerprint density at radius 2 is 1.97 bits per heavy atom. The van der Waals surface area contributed by atoms with Gasteiger partial charge in [0, 0.05) is 42.8 Å². The molecule has 32 heavy (non-hydrogen) atoms. The summed E-state index contributed by atoms with van der Waals surface area (Å²) < 4.78 is 5.84. The molecule has 2 amide bonds. The minimum atomic E-state index is -0.641. The quantitative estimate of drug-likeness (QED) is 0.667. The van der Waals surface area contributed by atoms with Gasteiger partial charge in [0.2, 0.25) is 5.91 Å². The van der Waals surface area contributed by atoms with Gasteiger partial charge < -0.3 is 24.8 Å². The maximum Gasteiger partial charge on any atom is 0.262 e. The number of H-pyrrole nitrogens is 1. The molecule has 0 bridgehead atoms. The van der Waals surface area contributed by atoms with E-state index in [4.69, 9.17) is 4.74 Å². The van der Waals surface area contributed by atoms with Crippen molar-refractivity contribution in [1.82, 2.24) is 15.2 Å². The zero-order chi connectivity index (χ0) is 22.1. The number of nitrogens with zero attached hydrogens (tertiary/aromatic N) is 2. The van der Waals surface area contributed by atoms with Crippen LogP contribution in [0.15, 0.2) is 60.8 Å². The largest absolute Gasteiger partial charge is 0.477 e. The van der Waals surface area contributed by atoms with Gasteiger partial charge in [0.1, 0.15) is 5.75 Å². The summed E-state index contributed by atoms with van der Waals surface area (Å²) in [6.07, 6.45) is 4.38. The van der Waals surface area contributed by atoms with Crippen molar-refractivity contribution in [2.45, 2.75) is 12.5 Å².